The lowest BCUT2D eigenvalue weighted by Crippen LogP contribution is -2.51. The van der Waals surface area contributed by atoms with Crippen molar-refractivity contribution >= 4 is 5.91 Å². The topological polar surface area (TPSA) is 89.3 Å². The van der Waals surface area contributed by atoms with Crippen LogP contribution in [0.15, 0.2) is 55.1 Å². The number of hydrogen-bond acceptors (Lipinski definition) is 7. The molecule has 0 aliphatic carbocycles. The van der Waals surface area contributed by atoms with Crippen LogP contribution >= 0.6 is 0 Å². The summed E-state index contributed by atoms with van der Waals surface area (Å²) in [7, 11) is 1.63. The van der Waals surface area contributed by atoms with Gasteiger partial charge in [-0.25, -0.2) is 4.98 Å². The monoisotopic (exact) mass is 536 g/mol. The molecule has 2 aromatic carbocycles. The fourth-order valence-electron chi connectivity index (χ4n) is 4.80. The van der Waals surface area contributed by atoms with E-state index in [2.05, 4.69) is 16.8 Å². The number of amides is 1. The average Bonchev–Trinajstić information content (AvgIpc) is 3.37. The molecule has 1 unspecified atom stereocenters. The summed E-state index contributed by atoms with van der Waals surface area (Å²) >= 11 is 0. The van der Waals surface area contributed by atoms with Gasteiger partial charge in [-0.1, -0.05) is 12.1 Å². The number of carbonyl (C=O) groups is 1. The minimum Gasteiger partial charge on any atom is -0.493 e. The van der Waals surface area contributed by atoms with Gasteiger partial charge in [-0.15, -0.1) is 0 Å². The Labute approximate surface area is 230 Å². The van der Waals surface area contributed by atoms with Crippen LogP contribution in [0.5, 0.6) is 17.2 Å². The van der Waals surface area contributed by atoms with Crippen molar-refractivity contribution in [2.75, 3.05) is 46.5 Å². The highest BCUT2D eigenvalue weighted by Gasteiger charge is 2.37. The molecule has 0 radical (unpaired) electrons. The van der Waals surface area contributed by atoms with E-state index in [1.807, 2.05) is 54.1 Å². The first-order valence-electron chi connectivity index (χ1n) is 13.4. The molecule has 1 atom stereocenters. The Hall–Kier alpha value is -3.56. The molecular weight excluding hydrogens is 496 g/mol. The third kappa shape index (κ3) is 7.97. The summed E-state index contributed by atoms with van der Waals surface area (Å²) in [5.74, 6) is 2.02. The van der Waals surface area contributed by atoms with E-state index in [0.717, 1.165) is 24.1 Å². The van der Waals surface area contributed by atoms with Crippen molar-refractivity contribution in [2.45, 2.75) is 45.9 Å². The minimum atomic E-state index is -1.22. The van der Waals surface area contributed by atoms with E-state index >= 15 is 0 Å². The Balaban J connectivity index is 1.42. The molecular formula is C30H40N4O5. The van der Waals surface area contributed by atoms with Gasteiger partial charge < -0.3 is 28.8 Å². The van der Waals surface area contributed by atoms with Crippen molar-refractivity contribution in [3.05, 3.63) is 71.8 Å². The number of benzene rings is 2. The molecule has 1 saturated heterocycles. The fraction of sp³-hybridized carbons (Fsp3) is 0.467. The largest absolute Gasteiger partial charge is 0.493 e. The van der Waals surface area contributed by atoms with Crippen LogP contribution < -0.4 is 14.2 Å². The van der Waals surface area contributed by atoms with Gasteiger partial charge in [0.1, 0.15) is 18.0 Å². The number of methoxy groups -OCH3 is 1. The highest BCUT2D eigenvalue weighted by Crippen LogP contribution is 2.29. The van der Waals surface area contributed by atoms with Crippen LogP contribution in [0.3, 0.4) is 0 Å². The van der Waals surface area contributed by atoms with Crippen LogP contribution in [0.2, 0.25) is 0 Å². The molecule has 9 nitrogen and oxygen atoms in total. The van der Waals surface area contributed by atoms with Crippen LogP contribution in [-0.4, -0.2) is 82.5 Å². The second-order valence-corrected chi connectivity index (χ2v) is 10.4. The van der Waals surface area contributed by atoms with Gasteiger partial charge in [0.2, 0.25) is 5.91 Å². The number of ether oxygens (including phenoxy) is 3. The number of imidazole rings is 1. The van der Waals surface area contributed by atoms with E-state index in [4.69, 9.17) is 14.2 Å². The minimum absolute atomic E-state index is 0.0581. The Morgan fingerprint density at radius 2 is 1.90 bits per heavy atom. The second kappa shape index (κ2) is 13.0. The van der Waals surface area contributed by atoms with E-state index in [1.165, 1.54) is 5.56 Å². The third-order valence-corrected chi connectivity index (χ3v) is 7.13. The highest BCUT2D eigenvalue weighted by atomic mass is 16.5. The number of aliphatic hydroxyl groups is 1. The molecule has 4 rings (SSSR count). The number of rotatable bonds is 11. The lowest BCUT2D eigenvalue weighted by Gasteiger charge is -2.33. The molecule has 1 aliphatic rings. The number of β-amino-alcohol motifs (C(OH)–C–C–N with tert-alkyl or cyclic N) is 1. The molecule has 1 fully saturated rings. The highest BCUT2D eigenvalue weighted by molar-refractivity contribution is 5.73. The van der Waals surface area contributed by atoms with E-state index in [0.29, 0.717) is 50.0 Å². The van der Waals surface area contributed by atoms with Gasteiger partial charge in [0.15, 0.2) is 11.5 Å². The molecule has 0 bridgehead atoms. The first-order chi connectivity index (χ1) is 18.7. The fourth-order valence-corrected chi connectivity index (χ4v) is 4.80. The predicted octanol–water partition coefficient (Wildman–Crippen LogP) is 3.45. The number of nitrogens with zero attached hydrogens (tertiary/aromatic N) is 4. The molecule has 0 spiro atoms. The van der Waals surface area contributed by atoms with Gasteiger partial charge in [0.05, 0.1) is 26.6 Å². The lowest BCUT2D eigenvalue weighted by atomic mass is 10.0. The van der Waals surface area contributed by atoms with Crippen LogP contribution in [0.25, 0.3) is 0 Å². The zero-order valence-corrected chi connectivity index (χ0v) is 23.4. The molecule has 210 valence electrons. The molecule has 1 aliphatic heterocycles. The van der Waals surface area contributed by atoms with Gasteiger partial charge in [-0.05, 0) is 61.2 Å². The summed E-state index contributed by atoms with van der Waals surface area (Å²) in [6.45, 7) is 9.44. The van der Waals surface area contributed by atoms with Gasteiger partial charge in [0.25, 0.3) is 0 Å². The summed E-state index contributed by atoms with van der Waals surface area (Å²) in [5, 5.41) is 11.7. The normalized spacial score (nSPS) is 18.0. The zero-order chi connectivity index (χ0) is 27.8. The molecule has 1 N–H and O–H groups in total. The SMILES string of the molecule is COc1ccc(CN2CCN(C(C)=O)CC(O)(COc3ccc(C)c(C)c3)C2)cc1OCCCn1ccnc1. The molecule has 39 heavy (non-hydrogen) atoms. The molecule has 1 aromatic heterocycles. The standard InChI is InChI=1S/C30H40N4O5/c1-23-6-8-27(16-24(23)2)39-21-30(36)19-33(13-14-34(20-30)25(3)35)18-26-7-9-28(37-4)29(17-26)38-15-5-11-32-12-10-31-22-32/h6-10,12,16-17,22,36H,5,11,13-15,18-21H2,1-4H3. The average molecular weight is 537 g/mol. The van der Waals surface area contributed by atoms with Gasteiger partial charge in [-0.3, -0.25) is 9.69 Å². The first-order valence-corrected chi connectivity index (χ1v) is 13.4. The Morgan fingerprint density at radius 1 is 1.05 bits per heavy atom. The Morgan fingerprint density at radius 3 is 2.62 bits per heavy atom. The van der Waals surface area contributed by atoms with Gasteiger partial charge in [-0.2, -0.15) is 0 Å². The van der Waals surface area contributed by atoms with Gasteiger partial charge in [0, 0.05) is 52.0 Å². The van der Waals surface area contributed by atoms with Crippen molar-refractivity contribution in [2.24, 2.45) is 0 Å². The van der Waals surface area contributed by atoms with Crippen molar-refractivity contribution in [3.8, 4) is 17.2 Å². The summed E-state index contributed by atoms with van der Waals surface area (Å²) in [6, 6.07) is 11.8. The maximum atomic E-state index is 12.3. The van der Waals surface area contributed by atoms with Gasteiger partial charge >= 0.3 is 0 Å². The summed E-state index contributed by atoms with van der Waals surface area (Å²) < 4.78 is 19.7. The van der Waals surface area contributed by atoms with Crippen molar-refractivity contribution in [1.29, 1.82) is 0 Å². The maximum absolute atomic E-state index is 12.3. The molecule has 1 amide bonds. The van der Waals surface area contributed by atoms with Crippen LogP contribution in [0.1, 0.15) is 30.0 Å². The number of aromatic nitrogens is 2. The van der Waals surface area contributed by atoms with Crippen molar-refractivity contribution < 1.29 is 24.1 Å². The Bertz CT molecular complexity index is 1230. The van der Waals surface area contributed by atoms with Crippen LogP contribution in [-0.2, 0) is 17.9 Å². The van der Waals surface area contributed by atoms with Crippen LogP contribution in [0, 0.1) is 13.8 Å². The third-order valence-electron chi connectivity index (χ3n) is 7.13. The molecule has 0 saturated carbocycles. The van der Waals surface area contributed by atoms with Crippen molar-refractivity contribution in [3.63, 3.8) is 0 Å². The number of carbonyl (C=O) groups excluding carboxylic acids is 1. The Kier molecular flexibility index (Phi) is 9.48. The van der Waals surface area contributed by atoms with Crippen molar-refractivity contribution in [1.82, 2.24) is 19.4 Å². The second-order valence-electron chi connectivity index (χ2n) is 10.4. The lowest BCUT2D eigenvalue weighted by molar-refractivity contribution is -0.132. The maximum Gasteiger partial charge on any atom is 0.219 e. The summed E-state index contributed by atoms with van der Waals surface area (Å²) in [5.41, 5.74) is 2.13. The number of hydrogen-bond donors (Lipinski definition) is 1. The molecule has 2 heterocycles. The zero-order valence-electron chi connectivity index (χ0n) is 23.4. The van der Waals surface area contributed by atoms with E-state index in [9.17, 15) is 9.90 Å². The van der Waals surface area contributed by atoms with E-state index < -0.39 is 5.60 Å². The molecule has 3 aromatic rings. The molecule has 9 heteroatoms. The first kappa shape index (κ1) is 28.4. The predicted molar refractivity (Wildman–Crippen MR) is 149 cm³/mol. The number of aryl methyl sites for hydroxylation is 3. The summed E-state index contributed by atoms with van der Waals surface area (Å²) in [6.07, 6.45) is 6.33. The van der Waals surface area contributed by atoms with E-state index in [-0.39, 0.29) is 19.1 Å². The quantitative estimate of drug-likeness (QED) is 0.376. The summed E-state index contributed by atoms with van der Waals surface area (Å²) in [4.78, 5) is 20.2. The smallest absolute Gasteiger partial charge is 0.219 e. The van der Waals surface area contributed by atoms with Crippen LogP contribution in [0.4, 0.5) is 0 Å². The van der Waals surface area contributed by atoms with E-state index in [1.54, 1.807) is 31.5 Å².